The summed E-state index contributed by atoms with van der Waals surface area (Å²) in [6, 6.07) is 0. The Bertz CT molecular complexity index is 153. The fourth-order valence-electron chi connectivity index (χ4n) is 1.64. The summed E-state index contributed by atoms with van der Waals surface area (Å²) in [5, 5.41) is 8.97. The maximum Gasteiger partial charge on any atom is 0.160 e. The molecule has 0 saturated heterocycles. The van der Waals surface area contributed by atoms with Crippen LogP contribution in [0.25, 0.3) is 0 Å². The van der Waals surface area contributed by atoms with Crippen LogP contribution in [0.4, 0.5) is 0 Å². The van der Waals surface area contributed by atoms with Crippen LogP contribution < -0.4 is 0 Å². The molecular weight excluding hydrogens is 188 g/mol. The van der Waals surface area contributed by atoms with Crippen molar-refractivity contribution in [1.82, 2.24) is 0 Å². The Morgan fingerprint density at radius 1 is 1.00 bits per heavy atom. The number of aliphatic hydroxyl groups excluding tert-OH is 1. The molecule has 0 aromatic heterocycles. The van der Waals surface area contributed by atoms with Crippen molar-refractivity contribution in [3.8, 4) is 0 Å². The van der Waals surface area contributed by atoms with Gasteiger partial charge >= 0.3 is 0 Å². The molecule has 0 radical (unpaired) electrons. The van der Waals surface area contributed by atoms with Crippen LogP contribution in [0.3, 0.4) is 0 Å². The third-order valence-electron chi connectivity index (χ3n) is 2.74. The van der Waals surface area contributed by atoms with E-state index in [-0.39, 0.29) is 5.78 Å². The lowest BCUT2D eigenvalue weighted by Gasteiger charge is -2.03. The highest BCUT2D eigenvalue weighted by Gasteiger charge is 2.07. The van der Waals surface area contributed by atoms with Crippen LogP contribution >= 0.6 is 0 Å². The van der Waals surface area contributed by atoms with Gasteiger partial charge in [-0.2, -0.15) is 0 Å². The van der Waals surface area contributed by atoms with Gasteiger partial charge in [0.1, 0.15) is 6.10 Å². The lowest BCUT2D eigenvalue weighted by Crippen LogP contribution is -2.15. The Labute approximate surface area is 94.1 Å². The standard InChI is InChI=1S/C13H26O2/c1-3-4-5-6-7-8-9-10-11-13(15)12(2)14/h12,14H,3-11H2,1-2H3. The van der Waals surface area contributed by atoms with Crippen molar-refractivity contribution in [2.75, 3.05) is 0 Å². The summed E-state index contributed by atoms with van der Waals surface area (Å²) in [6.07, 6.45) is 9.70. The van der Waals surface area contributed by atoms with Crippen molar-refractivity contribution in [1.29, 1.82) is 0 Å². The Hall–Kier alpha value is -0.370. The number of carbonyl (C=O) groups excluding carboxylic acids is 1. The number of aliphatic hydroxyl groups is 1. The van der Waals surface area contributed by atoms with Gasteiger partial charge in [-0.1, -0.05) is 51.9 Å². The van der Waals surface area contributed by atoms with E-state index in [0.717, 1.165) is 12.8 Å². The Morgan fingerprint density at radius 3 is 1.93 bits per heavy atom. The van der Waals surface area contributed by atoms with Gasteiger partial charge in [-0.25, -0.2) is 0 Å². The lowest BCUT2D eigenvalue weighted by molar-refractivity contribution is -0.126. The zero-order valence-corrected chi connectivity index (χ0v) is 10.3. The van der Waals surface area contributed by atoms with Gasteiger partial charge in [-0.05, 0) is 13.3 Å². The Morgan fingerprint density at radius 2 is 1.47 bits per heavy atom. The van der Waals surface area contributed by atoms with Crippen LogP contribution in [0.15, 0.2) is 0 Å². The number of rotatable bonds is 10. The zero-order chi connectivity index (χ0) is 11.5. The van der Waals surface area contributed by atoms with Crippen LogP contribution in [0, 0.1) is 0 Å². The van der Waals surface area contributed by atoms with Crippen LogP contribution in [-0.4, -0.2) is 17.0 Å². The highest BCUT2D eigenvalue weighted by atomic mass is 16.3. The van der Waals surface area contributed by atoms with Gasteiger partial charge in [0.05, 0.1) is 0 Å². The molecular formula is C13H26O2. The quantitative estimate of drug-likeness (QED) is 0.565. The second-order valence-corrected chi connectivity index (χ2v) is 4.37. The highest BCUT2D eigenvalue weighted by Crippen LogP contribution is 2.10. The van der Waals surface area contributed by atoms with E-state index in [1.54, 1.807) is 6.92 Å². The summed E-state index contributed by atoms with van der Waals surface area (Å²) in [6.45, 7) is 3.77. The molecule has 1 unspecified atom stereocenters. The van der Waals surface area contributed by atoms with Crippen molar-refractivity contribution in [2.45, 2.75) is 77.7 Å². The molecule has 0 aliphatic carbocycles. The molecule has 0 spiro atoms. The zero-order valence-electron chi connectivity index (χ0n) is 10.3. The molecule has 0 aliphatic heterocycles. The SMILES string of the molecule is CCCCCCCCCCC(=O)C(C)O. The van der Waals surface area contributed by atoms with Gasteiger partial charge in [-0.3, -0.25) is 4.79 Å². The molecule has 90 valence electrons. The van der Waals surface area contributed by atoms with Crippen molar-refractivity contribution >= 4 is 5.78 Å². The maximum absolute atomic E-state index is 11.1. The first-order valence-electron chi connectivity index (χ1n) is 6.39. The monoisotopic (exact) mass is 214 g/mol. The van der Waals surface area contributed by atoms with Gasteiger partial charge in [-0.15, -0.1) is 0 Å². The van der Waals surface area contributed by atoms with Crippen LogP contribution in [0.5, 0.6) is 0 Å². The Balaban J connectivity index is 3.08. The Kier molecular flexibility index (Phi) is 9.91. The smallest absolute Gasteiger partial charge is 0.160 e. The van der Waals surface area contributed by atoms with E-state index in [0.29, 0.717) is 6.42 Å². The maximum atomic E-state index is 11.1. The summed E-state index contributed by atoms with van der Waals surface area (Å²) >= 11 is 0. The van der Waals surface area contributed by atoms with Gasteiger partial charge < -0.3 is 5.11 Å². The molecule has 0 amide bonds. The predicted molar refractivity (Wildman–Crippen MR) is 63.9 cm³/mol. The summed E-state index contributed by atoms with van der Waals surface area (Å²) < 4.78 is 0. The number of unbranched alkanes of at least 4 members (excludes halogenated alkanes) is 7. The fraction of sp³-hybridized carbons (Fsp3) is 0.923. The van der Waals surface area contributed by atoms with Gasteiger partial charge in [0.2, 0.25) is 0 Å². The second-order valence-electron chi connectivity index (χ2n) is 4.37. The first-order chi connectivity index (χ1) is 7.18. The number of carbonyl (C=O) groups is 1. The van der Waals surface area contributed by atoms with Gasteiger partial charge in [0.15, 0.2) is 5.78 Å². The molecule has 0 aliphatic rings. The largest absolute Gasteiger partial charge is 0.386 e. The summed E-state index contributed by atoms with van der Waals surface area (Å²) in [5.41, 5.74) is 0. The average Bonchev–Trinajstić information content (AvgIpc) is 2.21. The molecule has 0 fully saturated rings. The second kappa shape index (κ2) is 10.2. The van der Waals surface area contributed by atoms with E-state index in [2.05, 4.69) is 6.92 Å². The molecule has 0 aromatic rings. The molecule has 0 rings (SSSR count). The molecule has 0 aromatic carbocycles. The number of Topliss-reactive ketones (excluding diaryl/α,β-unsaturated/α-hetero) is 1. The van der Waals surface area contributed by atoms with Crippen LogP contribution in [0.2, 0.25) is 0 Å². The molecule has 1 atom stereocenters. The van der Waals surface area contributed by atoms with Gasteiger partial charge in [0.25, 0.3) is 0 Å². The molecule has 1 N–H and O–H groups in total. The van der Waals surface area contributed by atoms with E-state index >= 15 is 0 Å². The normalized spacial score (nSPS) is 12.7. The molecule has 0 heterocycles. The van der Waals surface area contributed by atoms with Gasteiger partial charge in [0, 0.05) is 6.42 Å². The third-order valence-corrected chi connectivity index (χ3v) is 2.74. The minimum absolute atomic E-state index is 0.0130. The number of ketones is 1. The van der Waals surface area contributed by atoms with Crippen molar-refractivity contribution in [2.24, 2.45) is 0 Å². The minimum Gasteiger partial charge on any atom is -0.386 e. The molecule has 2 nitrogen and oxygen atoms in total. The number of hydrogen-bond donors (Lipinski definition) is 1. The van der Waals surface area contributed by atoms with Crippen LogP contribution in [-0.2, 0) is 4.79 Å². The van der Waals surface area contributed by atoms with E-state index in [1.165, 1.54) is 38.5 Å². The highest BCUT2D eigenvalue weighted by molar-refractivity contribution is 5.82. The first-order valence-corrected chi connectivity index (χ1v) is 6.39. The summed E-state index contributed by atoms with van der Waals surface area (Å²) in [7, 11) is 0. The molecule has 15 heavy (non-hydrogen) atoms. The first kappa shape index (κ1) is 14.6. The molecule has 0 saturated carbocycles. The van der Waals surface area contributed by atoms with E-state index in [1.807, 2.05) is 0 Å². The van der Waals surface area contributed by atoms with Crippen molar-refractivity contribution < 1.29 is 9.90 Å². The predicted octanol–water partition coefficient (Wildman–Crippen LogP) is 3.47. The lowest BCUT2D eigenvalue weighted by atomic mass is 10.0. The topological polar surface area (TPSA) is 37.3 Å². The number of hydrogen-bond acceptors (Lipinski definition) is 2. The van der Waals surface area contributed by atoms with E-state index < -0.39 is 6.10 Å². The van der Waals surface area contributed by atoms with Crippen molar-refractivity contribution in [3.63, 3.8) is 0 Å². The molecule has 0 bridgehead atoms. The minimum atomic E-state index is -0.769. The van der Waals surface area contributed by atoms with E-state index in [9.17, 15) is 4.79 Å². The summed E-state index contributed by atoms with van der Waals surface area (Å²) in [4.78, 5) is 11.1. The molecule has 2 heteroatoms. The fourth-order valence-corrected chi connectivity index (χ4v) is 1.64. The average molecular weight is 214 g/mol. The van der Waals surface area contributed by atoms with E-state index in [4.69, 9.17) is 5.11 Å². The van der Waals surface area contributed by atoms with Crippen LogP contribution in [0.1, 0.15) is 71.6 Å². The summed E-state index contributed by atoms with van der Waals surface area (Å²) in [5.74, 6) is -0.0130. The van der Waals surface area contributed by atoms with Crippen molar-refractivity contribution in [3.05, 3.63) is 0 Å². The third kappa shape index (κ3) is 9.92.